The number of aromatic amines is 1. The monoisotopic (exact) mass is 523 g/mol. The molecular formula is C30H29N5O2S. The molecule has 1 saturated heterocycles. The first kappa shape index (κ1) is 24.5. The number of thiophene rings is 1. The fraction of sp³-hybridized carbons (Fsp3) is 0.267. The third kappa shape index (κ3) is 5.23. The summed E-state index contributed by atoms with van der Waals surface area (Å²) in [7, 11) is 0. The number of pyridine rings is 2. The van der Waals surface area contributed by atoms with Gasteiger partial charge in [0.15, 0.2) is 0 Å². The Hall–Kier alpha value is -3.88. The maximum Gasteiger partial charge on any atom is 0.348 e. The number of imidazole rings is 1. The van der Waals surface area contributed by atoms with E-state index in [2.05, 4.69) is 37.4 Å². The number of benzene rings is 1. The van der Waals surface area contributed by atoms with Crippen molar-refractivity contribution < 1.29 is 9.53 Å². The lowest BCUT2D eigenvalue weighted by Gasteiger charge is -2.26. The van der Waals surface area contributed by atoms with Crippen LogP contribution in [0.15, 0.2) is 66.4 Å². The van der Waals surface area contributed by atoms with Crippen molar-refractivity contribution in [3.63, 3.8) is 0 Å². The van der Waals surface area contributed by atoms with Crippen molar-refractivity contribution in [3.05, 3.63) is 77.0 Å². The summed E-state index contributed by atoms with van der Waals surface area (Å²) in [5, 5.41) is 6.28. The highest BCUT2D eigenvalue weighted by Crippen LogP contribution is 2.32. The second kappa shape index (κ2) is 10.8. The van der Waals surface area contributed by atoms with Gasteiger partial charge in [0.05, 0.1) is 35.5 Å². The van der Waals surface area contributed by atoms with Crippen LogP contribution in [-0.2, 0) is 4.74 Å². The molecule has 5 heterocycles. The molecule has 0 radical (unpaired) electrons. The zero-order valence-electron chi connectivity index (χ0n) is 21.2. The van der Waals surface area contributed by atoms with Crippen molar-refractivity contribution >= 4 is 28.2 Å². The highest BCUT2D eigenvalue weighted by Gasteiger charge is 2.17. The van der Waals surface area contributed by atoms with Crippen molar-refractivity contribution in [2.75, 3.05) is 19.7 Å². The molecule has 0 saturated carbocycles. The molecule has 8 heteroatoms. The molecule has 5 aromatic rings. The summed E-state index contributed by atoms with van der Waals surface area (Å²) >= 11 is 1.41. The summed E-state index contributed by atoms with van der Waals surface area (Å²) in [5.41, 5.74) is 7.35. The number of ether oxygens (including phenoxy) is 1. The molecule has 1 aliphatic rings. The van der Waals surface area contributed by atoms with Crippen molar-refractivity contribution in [2.45, 2.75) is 26.2 Å². The Balaban J connectivity index is 1.18. The van der Waals surface area contributed by atoms with Crippen LogP contribution < -0.4 is 5.32 Å². The molecule has 0 spiro atoms. The number of H-pyrrole nitrogens is 1. The van der Waals surface area contributed by atoms with Gasteiger partial charge in [0.25, 0.3) is 0 Å². The average Bonchev–Trinajstić information content (AvgIpc) is 3.59. The molecule has 0 atom stereocenters. The first-order valence-corrected chi connectivity index (χ1v) is 13.9. The SMILES string of the molecule is Cc1cccc(-c2[nH]cnc2-c2ccc3ncc(-c4csc(C(=O)OCCCCC5CNC5)c4)cc3c2)n1. The van der Waals surface area contributed by atoms with E-state index in [9.17, 15) is 4.79 Å². The van der Waals surface area contributed by atoms with E-state index in [1.165, 1.54) is 17.8 Å². The van der Waals surface area contributed by atoms with Gasteiger partial charge in [-0.2, -0.15) is 0 Å². The molecule has 0 bridgehead atoms. The minimum absolute atomic E-state index is 0.251. The number of esters is 1. The van der Waals surface area contributed by atoms with E-state index in [1.807, 2.05) is 54.9 Å². The summed E-state index contributed by atoms with van der Waals surface area (Å²) in [6, 6.07) is 16.1. The molecule has 4 aromatic heterocycles. The largest absolute Gasteiger partial charge is 0.462 e. The van der Waals surface area contributed by atoms with E-state index in [-0.39, 0.29) is 5.97 Å². The van der Waals surface area contributed by atoms with Gasteiger partial charge in [-0.3, -0.25) is 9.97 Å². The molecule has 1 fully saturated rings. The number of aromatic nitrogens is 4. The van der Waals surface area contributed by atoms with Gasteiger partial charge in [0, 0.05) is 28.4 Å². The van der Waals surface area contributed by atoms with E-state index in [1.54, 1.807) is 6.33 Å². The van der Waals surface area contributed by atoms with Crippen LogP contribution in [0.4, 0.5) is 0 Å². The molecule has 1 aliphatic heterocycles. The second-order valence-corrected chi connectivity index (χ2v) is 10.7. The Morgan fingerprint density at radius 2 is 1.95 bits per heavy atom. The summed E-state index contributed by atoms with van der Waals surface area (Å²) in [6.07, 6.45) is 6.77. The van der Waals surface area contributed by atoms with Crippen LogP contribution in [0, 0.1) is 12.8 Å². The van der Waals surface area contributed by atoms with Crippen LogP contribution in [0.5, 0.6) is 0 Å². The topological polar surface area (TPSA) is 92.8 Å². The Bertz CT molecular complexity index is 1590. The second-order valence-electron chi connectivity index (χ2n) is 9.78. The summed E-state index contributed by atoms with van der Waals surface area (Å²) in [6.45, 7) is 4.70. The minimum atomic E-state index is -0.251. The smallest absolute Gasteiger partial charge is 0.348 e. The number of carbonyl (C=O) groups is 1. The Kier molecular flexibility index (Phi) is 6.98. The number of fused-ring (bicyclic) bond motifs is 1. The Labute approximate surface area is 225 Å². The van der Waals surface area contributed by atoms with Crippen LogP contribution in [0.2, 0.25) is 0 Å². The van der Waals surface area contributed by atoms with E-state index < -0.39 is 0 Å². The van der Waals surface area contributed by atoms with Crippen LogP contribution in [0.25, 0.3) is 44.7 Å². The van der Waals surface area contributed by atoms with E-state index in [0.29, 0.717) is 11.5 Å². The number of rotatable bonds is 9. The van der Waals surface area contributed by atoms with E-state index in [0.717, 1.165) is 82.2 Å². The molecule has 0 unspecified atom stereocenters. The van der Waals surface area contributed by atoms with Gasteiger partial charge in [-0.25, -0.2) is 9.78 Å². The highest BCUT2D eigenvalue weighted by molar-refractivity contribution is 7.12. The maximum absolute atomic E-state index is 12.6. The molecule has 192 valence electrons. The zero-order chi connectivity index (χ0) is 25.9. The average molecular weight is 524 g/mol. The minimum Gasteiger partial charge on any atom is -0.462 e. The molecule has 1 aromatic carbocycles. The molecular weight excluding hydrogens is 494 g/mol. The van der Waals surface area contributed by atoms with Crippen molar-refractivity contribution in [2.24, 2.45) is 5.92 Å². The lowest BCUT2D eigenvalue weighted by molar-refractivity contribution is 0.0501. The number of aryl methyl sites for hydroxylation is 1. The van der Waals surface area contributed by atoms with Crippen LogP contribution >= 0.6 is 11.3 Å². The van der Waals surface area contributed by atoms with Crippen molar-refractivity contribution in [1.29, 1.82) is 0 Å². The summed E-state index contributed by atoms with van der Waals surface area (Å²) in [4.78, 5) is 30.3. The fourth-order valence-electron chi connectivity index (χ4n) is 4.75. The molecule has 2 N–H and O–H groups in total. The van der Waals surface area contributed by atoms with Crippen LogP contribution in [0.3, 0.4) is 0 Å². The van der Waals surface area contributed by atoms with Crippen molar-refractivity contribution in [3.8, 4) is 33.8 Å². The predicted octanol–water partition coefficient (Wildman–Crippen LogP) is 6.27. The number of unbranched alkanes of at least 4 members (excludes halogenated alkanes) is 1. The predicted molar refractivity (Wildman–Crippen MR) is 151 cm³/mol. The summed E-state index contributed by atoms with van der Waals surface area (Å²) < 4.78 is 5.52. The normalized spacial score (nSPS) is 13.5. The van der Waals surface area contributed by atoms with Gasteiger partial charge in [-0.1, -0.05) is 12.1 Å². The van der Waals surface area contributed by atoms with E-state index >= 15 is 0 Å². The van der Waals surface area contributed by atoms with Gasteiger partial charge in [-0.15, -0.1) is 11.3 Å². The maximum atomic E-state index is 12.6. The van der Waals surface area contributed by atoms with Gasteiger partial charge in [-0.05, 0) is 92.5 Å². The number of nitrogens with zero attached hydrogens (tertiary/aromatic N) is 3. The fourth-order valence-corrected chi connectivity index (χ4v) is 5.55. The molecule has 6 rings (SSSR count). The van der Waals surface area contributed by atoms with Crippen molar-refractivity contribution in [1.82, 2.24) is 25.3 Å². The van der Waals surface area contributed by atoms with Gasteiger partial charge in [0.1, 0.15) is 4.88 Å². The lowest BCUT2D eigenvalue weighted by atomic mass is 9.97. The molecule has 0 amide bonds. The Morgan fingerprint density at radius 1 is 1.05 bits per heavy atom. The third-order valence-corrected chi connectivity index (χ3v) is 7.89. The van der Waals surface area contributed by atoms with Gasteiger partial charge >= 0.3 is 5.97 Å². The number of carbonyl (C=O) groups excluding carboxylic acids is 1. The molecule has 38 heavy (non-hydrogen) atoms. The number of nitrogens with one attached hydrogen (secondary N) is 2. The first-order chi connectivity index (χ1) is 18.6. The molecule has 7 nitrogen and oxygen atoms in total. The number of hydrogen-bond donors (Lipinski definition) is 2. The standard InChI is InChI=1S/C30H29N5O2S/c1-19-5-4-7-26(35-19)29-28(33-18-34-29)21-8-9-25-22(11-21)12-23(16-32-25)24-13-27(38-17-24)30(36)37-10-3-2-6-20-14-31-15-20/h4-5,7-9,11-13,16-18,20,31H,2-3,6,10,14-15H2,1H3,(H,33,34). The van der Waals surface area contributed by atoms with E-state index in [4.69, 9.17) is 4.74 Å². The summed E-state index contributed by atoms with van der Waals surface area (Å²) in [5.74, 6) is 0.544. The number of hydrogen-bond acceptors (Lipinski definition) is 7. The van der Waals surface area contributed by atoms with Crippen LogP contribution in [-0.4, -0.2) is 45.6 Å². The van der Waals surface area contributed by atoms with Gasteiger partial charge < -0.3 is 15.0 Å². The zero-order valence-corrected chi connectivity index (χ0v) is 22.1. The molecule has 0 aliphatic carbocycles. The van der Waals surface area contributed by atoms with Crippen LogP contribution in [0.1, 0.15) is 34.6 Å². The third-order valence-electron chi connectivity index (χ3n) is 6.98. The quantitative estimate of drug-likeness (QED) is 0.175. The highest BCUT2D eigenvalue weighted by atomic mass is 32.1. The lowest BCUT2D eigenvalue weighted by Crippen LogP contribution is -2.41. The van der Waals surface area contributed by atoms with Gasteiger partial charge in [0.2, 0.25) is 0 Å². The Morgan fingerprint density at radius 3 is 2.79 bits per heavy atom. The first-order valence-electron chi connectivity index (χ1n) is 13.0.